The third kappa shape index (κ3) is 3.80. The first-order chi connectivity index (χ1) is 8.40. The third-order valence-electron chi connectivity index (χ3n) is 3.11. The van der Waals surface area contributed by atoms with E-state index in [0.29, 0.717) is 0 Å². The summed E-state index contributed by atoms with van der Waals surface area (Å²) in [4.78, 5) is 2.44. The molecule has 1 fully saturated rings. The standard InChI is InChI=1S/C14H21N2O/c1-2-17-14(13-6-4-3-5-7-13)12-16-10-8-15-9-11-16/h3-7,14H,2,8-12H2,1H3. The summed E-state index contributed by atoms with van der Waals surface area (Å²) in [5.41, 5.74) is 1.27. The van der Waals surface area contributed by atoms with Gasteiger partial charge in [0.15, 0.2) is 0 Å². The van der Waals surface area contributed by atoms with Crippen molar-refractivity contribution in [3.8, 4) is 0 Å². The van der Waals surface area contributed by atoms with Crippen molar-refractivity contribution in [2.45, 2.75) is 13.0 Å². The first-order valence-electron chi connectivity index (χ1n) is 6.42. The predicted molar refractivity (Wildman–Crippen MR) is 69.1 cm³/mol. The number of benzene rings is 1. The van der Waals surface area contributed by atoms with Gasteiger partial charge >= 0.3 is 0 Å². The molecule has 1 saturated heterocycles. The molecule has 0 bridgehead atoms. The summed E-state index contributed by atoms with van der Waals surface area (Å²) in [7, 11) is 0. The van der Waals surface area contributed by atoms with E-state index in [-0.39, 0.29) is 6.10 Å². The molecule has 3 nitrogen and oxygen atoms in total. The number of hydrogen-bond acceptors (Lipinski definition) is 2. The van der Waals surface area contributed by atoms with Crippen LogP contribution in [0.15, 0.2) is 30.3 Å². The Labute approximate surface area is 104 Å². The van der Waals surface area contributed by atoms with Crippen LogP contribution in [0.5, 0.6) is 0 Å². The summed E-state index contributed by atoms with van der Waals surface area (Å²) >= 11 is 0. The molecule has 1 atom stereocenters. The SMILES string of the molecule is CCOC(CN1CC[N]CC1)c1ccccc1. The van der Waals surface area contributed by atoms with E-state index < -0.39 is 0 Å². The topological polar surface area (TPSA) is 26.6 Å². The van der Waals surface area contributed by atoms with Crippen LogP contribution in [0.2, 0.25) is 0 Å². The van der Waals surface area contributed by atoms with Gasteiger partial charge < -0.3 is 4.74 Å². The molecule has 1 aliphatic heterocycles. The molecule has 0 aromatic heterocycles. The lowest BCUT2D eigenvalue weighted by Crippen LogP contribution is -2.42. The molecule has 1 radical (unpaired) electrons. The molecule has 17 heavy (non-hydrogen) atoms. The molecule has 1 aromatic rings. The average molecular weight is 233 g/mol. The molecule has 1 heterocycles. The lowest BCUT2D eigenvalue weighted by Gasteiger charge is -2.30. The maximum atomic E-state index is 5.86. The lowest BCUT2D eigenvalue weighted by molar-refractivity contribution is 0.0294. The van der Waals surface area contributed by atoms with E-state index in [9.17, 15) is 0 Å². The van der Waals surface area contributed by atoms with Gasteiger partial charge in [0.05, 0.1) is 6.10 Å². The van der Waals surface area contributed by atoms with Crippen LogP contribution in [0.25, 0.3) is 0 Å². The van der Waals surface area contributed by atoms with Crippen LogP contribution in [0.3, 0.4) is 0 Å². The smallest absolute Gasteiger partial charge is 0.0951 e. The van der Waals surface area contributed by atoms with E-state index >= 15 is 0 Å². The summed E-state index contributed by atoms with van der Waals surface area (Å²) in [6.07, 6.45) is 0.194. The zero-order valence-electron chi connectivity index (χ0n) is 10.5. The van der Waals surface area contributed by atoms with Crippen molar-refractivity contribution in [2.75, 3.05) is 39.3 Å². The van der Waals surface area contributed by atoms with Crippen LogP contribution in [0, 0.1) is 0 Å². The number of piperazine rings is 1. The Kier molecular flexibility index (Phi) is 4.98. The molecule has 1 aromatic carbocycles. The van der Waals surface area contributed by atoms with Crippen molar-refractivity contribution in [3.05, 3.63) is 35.9 Å². The minimum atomic E-state index is 0.194. The number of rotatable bonds is 5. The molecule has 1 unspecified atom stereocenters. The minimum absolute atomic E-state index is 0.194. The molecule has 0 amide bonds. The summed E-state index contributed by atoms with van der Waals surface area (Å²) < 4.78 is 5.86. The van der Waals surface area contributed by atoms with E-state index in [0.717, 1.165) is 39.3 Å². The van der Waals surface area contributed by atoms with E-state index in [2.05, 4.69) is 41.4 Å². The van der Waals surface area contributed by atoms with Gasteiger partial charge in [0, 0.05) is 39.3 Å². The van der Waals surface area contributed by atoms with Gasteiger partial charge in [-0.1, -0.05) is 30.3 Å². The van der Waals surface area contributed by atoms with Crippen LogP contribution in [-0.2, 0) is 4.74 Å². The van der Waals surface area contributed by atoms with Crippen molar-refractivity contribution in [1.82, 2.24) is 10.2 Å². The highest BCUT2D eigenvalue weighted by molar-refractivity contribution is 5.18. The third-order valence-corrected chi connectivity index (χ3v) is 3.11. The largest absolute Gasteiger partial charge is 0.372 e. The molecular formula is C14H21N2O. The van der Waals surface area contributed by atoms with Crippen molar-refractivity contribution < 1.29 is 4.74 Å². The molecule has 0 aliphatic carbocycles. The lowest BCUT2D eigenvalue weighted by atomic mass is 10.1. The van der Waals surface area contributed by atoms with Crippen molar-refractivity contribution in [1.29, 1.82) is 0 Å². The predicted octanol–water partition coefficient (Wildman–Crippen LogP) is 1.68. The van der Waals surface area contributed by atoms with Crippen LogP contribution >= 0.6 is 0 Å². The Hall–Kier alpha value is -0.900. The average Bonchev–Trinajstić information content (AvgIpc) is 2.40. The number of ether oxygens (including phenoxy) is 1. The zero-order chi connectivity index (χ0) is 11.9. The molecule has 0 N–H and O–H groups in total. The second-order valence-electron chi connectivity index (χ2n) is 4.33. The van der Waals surface area contributed by atoms with Gasteiger partial charge in [0.1, 0.15) is 0 Å². The first kappa shape index (κ1) is 12.6. The summed E-state index contributed by atoms with van der Waals surface area (Å²) in [6, 6.07) is 10.5. The Morgan fingerprint density at radius 3 is 2.59 bits per heavy atom. The van der Waals surface area contributed by atoms with Crippen LogP contribution in [0.4, 0.5) is 0 Å². The van der Waals surface area contributed by atoms with E-state index in [1.54, 1.807) is 0 Å². The maximum Gasteiger partial charge on any atom is 0.0951 e. The van der Waals surface area contributed by atoms with E-state index in [1.165, 1.54) is 5.56 Å². The number of nitrogens with zero attached hydrogens (tertiary/aromatic N) is 2. The van der Waals surface area contributed by atoms with Crippen molar-refractivity contribution >= 4 is 0 Å². The van der Waals surface area contributed by atoms with Crippen LogP contribution in [0.1, 0.15) is 18.6 Å². The van der Waals surface area contributed by atoms with Crippen molar-refractivity contribution in [2.24, 2.45) is 0 Å². The highest BCUT2D eigenvalue weighted by Crippen LogP contribution is 2.18. The van der Waals surface area contributed by atoms with Gasteiger partial charge in [-0.25, -0.2) is 5.32 Å². The fourth-order valence-corrected chi connectivity index (χ4v) is 2.19. The van der Waals surface area contributed by atoms with Gasteiger partial charge in [0.2, 0.25) is 0 Å². The fourth-order valence-electron chi connectivity index (χ4n) is 2.19. The zero-order valence-corrected chi connectivity index (χ0v) is 10.5. The monoisotopic (exact) mass is 233 g/mol. The Bertz CT molecular complexity index is 309. The Morgan fingerprint density at radius 1 is 1.24 bits per heavy atom. The van der Waals surface area contributed by atoms with E-state index in [4.69, 9.17) is 4.74 Å². The van der Waals surface area contributed by atoms with Crippen LogP contribution in [-0.4, -0.2) is 44.2 Å². The normalized spacial score (nSPS) is 19.1. The second-order valence-corrected chi connectivity index (χ2v) is 4.33. The Morgan fingerprint density at radius 2 is 1.94 bits per heavy atom. The highest BCUT2D eigenvalue weighted by atomic mass is 16.5. The van der Waals surface area contributed by atoms with Gasteiger partial charge in [-0.2, -0.15) is 0 Å². The second kappa shape index (κ2) is 6.74. The molecule has 3 heteroatoms. The van der Waals surface area contributed by atoms with Crippen LogP contribution < -0.4 is 5.32 Å². The fraction of sp³-hybridized carbons (Fsp3) is 0.571. The van der Waals surface area contributed by atoms with Gasteiger partial charge in [-0.15, -0.1) is 0 Å². The maximum absolute atomic E-state index is 5.86. The highest BCUT2D eigenvalue weighted by Gasteiger charge is 2.18. The first-order valence-corrected chi connectivity index (χ1v) is 6.42. The van der Waals surface area contributed by atoms with Gasteiger partial charge in [-0.05, 0) is 12.5 Å². The molecule has 0 spiro atoms. The number of hydrogen-bond donors (Lipinski definition) is 0. The summed E-state index contributed by atoms with van der Waals surface area (Å²) in [5, 5.41) is 4.37. The molecule has 93 valence electrons. The minimum Gasteiger partial charge on any atom is -0.372 e. The summed E-state index contributed by atoms with van der Waals surface area (Å²) in [6.45, 7) is 7.86. The van der Waals surface area contributed by atoms with Gasteiger partial charge in [-0.3, -0.25) is 4.90 Å². The molecule has 1 aliphatic rings. The summed E-state index contributed by atoms with van der Waals surface area (Å²) in [5.74, 6) is 0. The quantitative estimate of drug-likeness (QED) is 0.773. The molecule has 0 saturated carbocycles. The van der Waals surface area contributed by atoms with Gasteiger partial charge in [0.25, 0.3) is 0 Å². The molecule has 2 rings (SSSR count). The van der Waals surface area contributed by atoms with E-state index in [1.807, 2.05) is 6.07 Å². The van der Waals surface area contributed by atoms with Crippen molar-refractivity contribution in [3.63, 3.8) is 0 Å². The molecular weight excluding hydrogens is 212 g/mol. The Balaban J connectivity index is 1.96.